The van der Waals surface area contributed by atoms with E-state index < -0.39 is 51.8 Å². The van der Waals surface area contributed by atoms with Crippen molar-refractivity contribution in [2.24, 2.45) is 5.92 Å². The fourth-order valence-electron chi connectivity index (χ4n) is 2.38. The van der Waals surface area contributed by atoms with Crippen LogP contribution in [-0.4, -0.2) is 36.8 Å². The highest BCUT2D eigenvalue weighted by Crippen LogP contribution is 2.45. The van der Waals surface area contributed by atoms with E-state index in [1.54, 1.807) is 13.8 Å². The number of hydrogen-bond acceptors (Lipinski definition) is 9. The second-order valence-electron chi connectivity index (χ2n) is 6.74. The zero-order chi connectivity index (χ0) is 22.7. The molecule has 12 heteroatoms. The molecule has 1 fully saturated rings. The maximum Gasteiger partial charge on any atom is 0.513 e. The molecule has 0 radical (unpaired) electrons. The summed E-state index contributed by atoms with van der Waals surface area (Å²) in [5.41, 5.74) is -1.38. The van der Waals surface area contributed by atoms with Crippen LogP contribution in [0.2, 0.25) is 0 Å². The molecule has 1 aromatic carbocycles. The van der Waals surface area contributed by atoms with Gasteiger partial charge in [-0.05, 0) is 25.3 Å². The first-order chi connectivity index (χ1) is 14.0. The lowest BCUT2D eigenvalue weighted by atomic mass is 10.2. The second-order valence-corrected chi connectivity index (χ2v) is 6.74. The zero-order valence-corrected chi connectivity index (χ0v) is 16.8. The maximum atomic E-state index is 15.3. The van der Waals surface area contributed by atoms with Crippen molar-refractivity contribution in [3.63, 3.8) is 0 Å². The minimum absolute atomic E-state index is 0.118. The Hall–Kier alpha value is -3.70. The lowest BCUT2D eigenvalue weighted by Gasteiger charge is -2.18. The van der Waals surface area contributed by atoms with Crippen molar-refractivity contribution in [2.75, 3.05) is 18.6 Å². The number of imide groups is 1. The largest absolute Gasteiger partial charge is 0.513 e. The minimum atomic E-state index is -1.36. The van der Waals surface area contributed by atoms with E-state index >= 15 is 4.39 Å². The number of cyclic esters (lactones) is 1. The van der Waals surface area contributed by atoms with Crippen LogP contribution in [0.4, 0.5) is 25.4 Å². The van der Waals surface area contributed by atoms with Gasteiger partial charge in [-0.15, -0.1) is 0 Å². The van der Waals surface area contributed by atoms with Crippen LogP contribution >= 0.6 is 0 Å². The summed E-state index contributed by atoms with van der Waals surface area (Å²) >= 11 is 0. The molecule has 0 aliphatic carbocycles. The van der Waals surface area contributed by atoms with Gasteiger partial charge >= 0.3 is 23.8 Å². The number of allylic oxidation sites excluding steroid dienone is 1. The third-order valence-electron chi connectivity index (χ3n) is 3.71. The third kappa shape index (κ3) is 4.31. The van der Waals surface area contributed by atoms with Crippen molar-refractivity contribution in [2.45, 2.75) is 27.7 Å². The number of benzene rings is 1. The number of ether oxygens (including phenoxy) is 4. The molecular weight excluding hydrogens is 407 g/mol. The normalized spacial score (nSPS) is 13.4. The van der Waals surface area contributed by atoms with Gasteiger partial charge in [0, 0.05) is 6.07 Å². The van der Waals surface area contributed by atoms with Gasteiger partial charge < -0.3 is 18.9 Å². The Balaban J connectivity index is 2.75. The molecule has 0 spiro atoms. The standard InChI is InChI=1S/C18H19FN2O9/c1-8(2)7-28-15-12(19)10(20-16(22)13(9(3)4)29-17(20)23)6-11(21(25)26)14(15)30-18(24)27-5/h6,8H,7H2,1-5H3. The predicted molar refractivity (Wildman–Crippen MR) is 98.8 cm³/mol. The van der Waals surface area contributed by atoms with Gasteiger partial charge in [0.2, 0.25) is 5.75 Å². The van der Waals surface area contributed by atoms with E-state index in [4.69, 9.17) is 14.2 Å². The summed E-state index contributed by atoms with van der Waals surface area (Å²) in [6.07, 6.45) is -2.61. The van der Waals surface area contributed by atoms with Gasteiger partial charge in [-0.3, -0.25) is 14.9 Å². The van der Waals surface area contributed by atoms with Crippen LogP contribution in [0.15, 0.2) is 17.4 Å². The Bertz CT molecular complexity index is 951. The lowest BCUT2D eigenvalue weighted by Crippen LogP contribution is -2.30. The number of hydrogen-bond donors (Lipinski definition) is 0. The Labute approximate surface area is 170 Å². The predicted octanol–water partition coefficient (Wildman–Crippen LogP) is 3.69. The van der Waals surface area contributed by atoms with E-state index in [1.807, 2.05) is 0 Å². The number of nitro benzene ring substituents is 1. The molecule has 0 atom stereocenters. The average molecular weight is 426 g/mol. The van der Waals surface area contributed by atoms with E-state index in [-0.39, 0.29) is 18.3 Å². The van der Waals surface area contributed by atoms with Crippen molar-refractivity contribution in [3.8, 4) is 11.5 Å². The minimum Gasteiger partial charge on any atom is -0.486 e. The fourth-order valence-corrected chi connectivity index (χ4v) is 2.38. The first-order valence-electron chi connectivity index (χ1n) is 8.62. The van der Waals surface area contributed by atoms with Crippen LogP contribution in [0.1, 0.15) is 27.7 Å². The van der Waals surface area contributed by atoms with Gasteiger partial charge in [0.15, 0.2) is 11.6 Å². The summed E-state index contributed by atoms with van der Waals surface area (Å²) in [5.74, 6) is -4.51. The highest BCUT2D eigenvalue weighted by atomic mass is 19.1. The highest BCUT2D eigenvalue weighted by molar-refractivity contribution is 6.24. The number of rotatable bonds is 6. The second kappa shape index (κ2) is 8.76. The Kier molecular flexibility index (Phi) is 6.59. The number of methoxy groups -OCH3 is 1. The third-order valence-corrected chi connectivity index (χ3v) is 3.71. The summed E-state index contributed by atoms with van der Waals surface area (Å²) in [7, 11) is 0.952. The first-order valence-corrected chi connectivity index (χ1v) is 8.62. The van der Waals surface area contributed by atoms with Gasteiger partial charge in [0.05, 0.1) is 18.6 Å². The molecule has 2 rings (SSSR count). The van der Waals surface area contributed by atoms with Crippen molar-refractivity contribution >= 4 is 29.5 Å². The molecule has 0 N–H and O–H groups in total. The highest BCUT2D eigenvalue weighted by Gasteiger charge is 2.43. The number of carbonyl (C=O) groups is 3. The van der Waals surface area contributed by atoms with Gasteiger partial charge in [0.1, 0.15) is 5.69 Å². The zero-order valence-electron chi connectivity index (χ0n) is 16.8. The van der Waals surface area contributed by atoms with Gasteiger partial charge in [-0.25, -0.2) is 18.9 Å². The topological polar surface area (TPSA) is 135 Å². The molecular formula is C18H19FN2O9. The Morgan fingerprint density at radius 1 is 1.30 bits per heavy atom. The molecule has 30 heavy (non-hydrogen) atoms. The Morgan fingerprint density at radius 2 is 1.93 bits per heavy atom. The number of nitro groups is 1. The van der Waals surface area contributed by atoms with Crippen molar-refractivity contribution in [3.05, 3.63) is 33.3 Å². The average Bonchev–Trinajstić information content (AvgIpc) is 2.95. The molecule has 1 aliphatic rings. The van der Waals surface area contributed by atoms with Crippen LogP contribution < -0.4 is 14.4 Å². The van der Waals surface area contributed by atoms with Crippen molar-refractivity contribution in [1.82, 2.24) is 0 Å². The first kappa shape index (κ1) is 22.6. The SMILES string of the molecule is COC(=O)Oc1c([N+](=O)[O-])cc(N2C(=O)OC(=C(C)C)C2=O)c(F)c1OCC(C)C. The van der Waals surface area contributed by atoms with Crippen LogP contribution in [0, 0.1) is 21.8 Å². The number of anilines is 1. The number of amides is 2. The maximum absolute atomic E-state index is 15.3. The van der Waals surface area contributed by atoms with Crippen molar-refractivity contribution < 1.29 is 42.6 Å². The number of halogens is 1. The fraction of sp³-hybridized carbons (Fsp3) is 0.389. The Morgan fingerprint density at radius 3 is 2.40 bits per heavy atom. The molecule has 1 aliphatic heterocycles. The molecule has 0 unspecified atom stereocenters. The summed E-state index contributed by atoms with van der Waals surface area (Å²) in [5, 5.41) is 11.6. The van der Waals surface area contributed by atoms with Crippen LogP contribution in [0.25, 0.3) is 0 Å². The van der Waals surface area contributed by atoms with E-state index in [1.165, 1.54) is 13.8 Å². The van der Waals surface area contributed by atoms with Gasteiger partial charge in [-0.1, -0.05) is 13.8 Å². The molecule has 2 amide bonds. The lowest BCUT2D eigenvalue weighted by molar-refractivity contribution is -0.385. The summed E-state index contributed by atoms with van der Waals surface area (Å²) in [4.78, 5) is 47.1. The molecule has 0 saturated carbocycles. The molecule has 0 bridgehead atoms. The quantitative estimate of drug-likeness (QED) is 0.219. The van der Waals surface area contributed by atoms with Crippen LogP contribution in [-0.2, 0) is 14.3 Å². The molecule has 1 heterocycles. The van der Waals surface area contributed by atoms with Crippen molar-refractivity contribution in [1.29, 1.82) is 0 Å². The van der Waals surface area contributed by atoms with Crippen LogP contribution in [0.3, 0.4) is 0 Å². The van der Waals surface area contributed by atoms with Gasteiger partial charge in [-0.2, -0.15) is 0 Å². The van der Waals surface area contributed by atoms with E-state index in [0.717, 1.165) is 7.11 Å². The van der Waals surface area contributed by atoms with E-state index in [9.17, 15) is 24.5 Å². The molecule has 1 aromatic rings. The molecule has 11 nitrogen and oxygen atoms in total. The van der Waals surface area contributed by atoms with Gasteiger partial charge in [0.25, 0.3) is 5.75 Å². The molecule has 1 saturated heterocycles. The smallest absolute Gasteiger partial charge is 0.486 e. The van der Waals surface area contributed by atoms with E-state index in [0.29, 0.717) is 16.5 Å². The molecule has 0 aromatic heterocycles. The summed E-state index contributed by atoms with van der Waals surface area (Å²) < 4.78 is 34.5. The number of carbonyl (C=O) groups excluding carboxylic acids is 3. The molecule has 162 valence electrons. The summed E-state index contributed by atoms with van der Waals surface area (Å²) in [6, 6.07) is 0.572. The monoisotopic (exact) mass is 426 g/mol. The van der Waals surface area contributed by atoms with Crippen LogP contribution in [0.5, 0.6) is 11.5 Å². The van der Waals surface area contributed by atoms with E-state index in [2.05, 4.69) is 4.74 Å². The number of nitrogens with zero attached hydrogens (tertiary/aromatic N) is 2. The summed E-state index contributed by atoms with van der Waals surface area (Å²) in [6.45, 7) is 6.31.